The van der Waals surface area contributed by atoms with Gasteiger partial charge in [-0.05, 0) is 37.3 Å². The molecule has 17 heavy (non-hydrogen) atoms. The largest absolute Gasteiger partial charge is 0.320 e. The molecule has 2 rings (SSSR count). The van der Waals surface area contributed by atoms with Crippen LogP contribution < -0.4 is 10.6 Å². The molecule has 0 aromatic heterocycles. The van der Waals surface area contributed by atoms with E-state index in [0.29, 0.717) is 6.42 Å². The first-order valence-corrected chi connectivity index (χ1v) is 6.39. The summed E-state index contributed by atoms with van der Waals surface area (Å²) in [6.07, 6.45) is 3.94. The molecule has 1 atom stereocenters. The van der Waals surface area contributed by atoms with Crippen molar-refractivity contribution in [3.63, 3.8) is 0 Å². The van der Waals surface area contributed by atoms with E-state index in [1.54, 1.807) is 0 Å². The molecule has 3 nitrogen and oxygen atoms in total. The van der Waals surface area contributed by atoms with Gasteiger partial charge in [-0.25, -0.2) is 0 Å². The standard InChI is InChI=1S/C14H20N2O/c1-2-12(15)14(17)16-10-6-5-8-11-7-3-4-9-13(11)16/h3-4,7,9,12H,2,5-6,8,10,15H2,1H3. The molecule has 3 heteroatoms. The highest BCUT2D eigenvalue weighted by Gasteiger charge is 2.24. The van der Waals surface area contributed by atoms with E-state index >= 15 is 0 Å². The van der Waals surface area contributed by atoms with Crippen molar-refractivity contribution in [2.75, 3.05) is 11.4 Å². The second kappa shape index (κ2) is 5.32. The third kappa shape index (κ3) is 2.50. The van der Waals surface area contributed by atoms with Crippen molar-refractivity contribution >= 4 is 11.6 Å². The number of hydrogen-bond acceptors (Lipinski definition) is 2. The molecule has 1 aliphatic rings. The van der Waals surface area contributed by atoms with Gasteiger partial charge in [-0.15, -0.1) is 0 Å². The highest BCUT2D eigenvalue weighted by atomic mass is 16.2. The molecule has 2 N–H and O–H groups in total. The molecule has 92 valence electrons. The fraction of sp³-hybridized carbons (Fsp3) is 0.500. The van der Waals surface area contributed by atoms with Crippen LogP contribution in [0.25, 0.3) is 0 Å². The van der Waals surface area contributed by atoms with Crippen LogP contribution in [0.5, 0.6) is 0 Å². The Morgan fingerprint density at radius 3 is 2.94 bits per heavy atom. The number of fused-ring (bicyclic) bond motifs is 1. The van der Waals surface area contributed by atoms with Gasteiger partial charge in [0, 0.05) is 12.2 Å². The minimum Gasteiger partial charge on any atom is -0.320 e. The lowest BCUT2D eigenvalue weighted by molar-refractivity contribution is -0.119. The van der Waals surface area contributed by atoms with Crippen LogP contribution in [0, 0.1) is 0 Å². The molecule has 1 aromatic rings. The van der Waals surface area contributed by atoms with E-state index in [2.05, 4.69) is 6.07 Å². The lowest BCUT2D eigenvalue weighted by atomic mass is 10.1. The molecule has 0 bridgehead atoms. The van der Waals surface area contributed by atoms with E-state index in [9.17, 15) is 4.79 Å². The van der Waals surface area contributed by atoms with E-state index in [1.165, 1.54) is 5.56 Å². The number of hydrogen-bond donors (Lipinski definition) is 1. The zero-order chi connectivity index (χ0) is 12.3. The molecule has 1 aliphatic heterocycles. The van der Waals surface area contributed by atoms with Gasteiger partial charge in [-0.3, -0.25) is 4.79 Å². The fourth-order valence-corrected chi connectivity index (χ4v) is 2.30. The van der Waals surface area contributed by atoms with Crippen LogP contribution in [0.4, 0.5) is 5.69 Å². The maximum Gasteiger partial charge on any atom is 0.243 e. The average Bonchev–Trinajstić information content (AvgIpc) is 2.59. The fourth-order valence-electron chi connectivity index (χ4n) is 2.30. The number of aryl methyl sites for hydroxylation is 1. The molecule has 0 saturated carbocycles. The number of nitrogens with zero attached hydrogens (tertiary/aromatic N) is 1. The second-order valence-corrected chi connectivity index (χ2v) is 4.59. The van der Waals surface area contributed by atoms with Crippen LogP contribution in [-0.2, 0) is 11.2 Å². The maximum atomic E-state index is 12.2. The highest BCUT2D eigenvalue weighted by molar-refractivity contribution is 5.97. The van der Waals surface area contributed by atoms with Crippen molar-refractivity contribution in [3.05, 3.63) is 29.8 Å². The zero-order valence-corrected chi connectivity index (χ0v) is 10.4. The molecule has 1 unspecified atom stereocenters. The number of benzene rings is 1. The Bertz CT molecular complexity index is 403. The Hall–Kier alpha value is -1.35. The number of nitrogens with two attached hydrogens (primary N) is 1. The first-order valence-electron chi connectivity index (χ1n) is 6.39. The Kier molecular flexibility index (Phi) is 3.79. The number of carbonyl (C=O) groups excluding carboxylic acids is 1. The molecule has 0 radical (unpaired) electrons. The Morgan fingerprint density at radius 2 is 2.18 bits per heavy atom. The lowest BCUT2D eigenvalue weighted by Gasteiger charge is -2.25. The van der Waals surface area contributed by atoms with Gasteiger partial charge < -0.3 is 10.6 Å². The Labute approximate surface area is 103 Å². The summed E-state index contributed by atoms with van der Waals surface area (Å²) in [5, 5.41) is 0. The summed E-state index contributed by atoms with van der Waals surface area (Å²) in [6.45, 7) is 2.75. The highest BCUT2D eigenvalue weighted by Crippen LogP contribution is 2.26. The van der Waals surface area contributed by atoms with Crippen molar-refractivity contribution in [2.24, 2.45) is 5.73 Å². The number of para-hydroxylation sites is 1. The van der Waals surface area contributed by atoms with Crippen molar-refractivity contribution in [2.45, 2.75) is 38.6 Å². The van der Waals surface area contributed by atoms with E-state index in [-0.39, 0.29) is 11.9 Å². The Morgan fingerprint density at radius 1 is 1.41 bits per heavy atom. The minimum atomic E-state index is -0.374. The molecule has 0 saturated heterocycles. The van der Waals surface area contributed by atoms with Crippen LogP contribution in [0.1, 0.15) is 31.7 Å². The summed E-state index contributed by atoms with van der Waals surface area (Å²) in [6, 6.07) is 7.79. The van der Waals surface area contributed by atoms with Gasteiger partial charge in [0.25, 0.3) is 0 Å². The summed E-state index contributed by atoms with van der Waals surface area (Å²) in [5.41, 5.74) is 8.18. The number of amides is 1. The molecular weight excluding hydrogens is 212 g/mol. The van der Waals surface area contributed by atoms with Crippen LogP contribution in [0.3, 0.4) is 0 Å². The van der Waals surface area contributed by atoms with Crippen LogP contribution in [0.2, 0.25) is 0 Å². The predicted molar refractivity (Wildman–Crippen MR) is 70.0 cm³/mol. The van der Waals surface area contributed by atoms with E-state index < -0.39 is 0 Å². The monoisotopic (exact) mass is 232 g/mol. The third-order valence-electron chi connectivity index (χ3n) is 3.38. The third-order valence-corrected chi connectivity index (χ3v) is 3.38. The normalized spacial score (nSPS) is 17.2. The van der Waals surface area contributed by atoms with E-state index in [0.717, 1.165) is 31.5 Å². The van der Waals surface area contributed by atoms with Gasteiger partial charge in [0.05, 0.1) is 6.04 Å². The molecular formula is C14H20N2O. The smallest absolute Gasteiger partial charge is 0.243 e. The Balaban J connectivity index is 2.31. The summed E-state index contributed by atoms with van der Waals surface area (Å²) in [5.74, 6) is 0.0573. The first-order chi connectivity index (χ1) is 8.24. The topological polar surface area (TPSA) is 46.3 Å². The summed E-state index contributed by atoms with van der Waals surface area (Å²) in [7, 11) is 0. The van der Waals surface area contributed by atoms with Crippen LogP contribution in [-0.4, -0.2) is 18.5 Å². The molecule has 0 aliphatic carbocycles. The second-order valence-electron chi connectivity index (χ2n) is 4.59. The SMILES string of the molecule is CCC(N)C(=O)N1CCCCc2ccccc21. The molecule has 0 spiro atoms. The van der Waals surface area contributed by atoms with E-state index in [1.807, 2.05) is 30.0 Å². The van der Waals surface area contributed by atoms with Gasteiger partial charge >= 0.3 is 0 Å². The maximum absolute atomic E-state index is 12.2. The molecule has 1 aromatic carbocycles. The number of carbonyl (C=O) groups is 1. The number of anilines is 1. The molecule has 0 fully saturated rings. The average molecular weight is 232 g/mol. The van der Waals surface area contributed by atoms with Crippen molar-refractivity contribution in [1.29, 1.82) is 0 Å². The van der Waals surface area contributed by atoms with Crippen molar-refractivity contribution in [3.8, 4) is 0 Å². The zero-order valence-electron chi connectivity index (χ0n) is 10.4. The summed E-state index contributed by atoms with van der Waals surface area (Å²) in [4.78, 5) is 14.1. The van der Waals surface area contributed by atoms with Gasteiger partial charge in [-0.1, -0.05) is 25.1 Å². The van der Waals surface area contributed by atoms with Gasteiger partial charge in [-0.2, -0.15) is 0 Å². The quantitative estimate of drug-likeness (QED) is 0.848. The summed E-state index contributed by atoms with van der Waals surface area (Å²) < 4.78 is 0. The minimum absolute atomic E-state index is 0.0573. The van der Waals surface area contributed by atoms with Gasteiger partial charge in [0.15, 0.2) is 0 Å². The first kappa shape index (κ1) is 12.1. The molecule has 1 amide bonds. The number of rotatable bonds is 2. The van der Waals surface area contributed by atoms with Gasteiger partial charge in [0.1, 0.15) is 0 Å². The molecule has 1 heterocycles. The van der Waals surface area contributed by atoms with Gasteiger partial charge in [0.2, 0.25) is 5.91 Å². The predicted octanol–water partition coefficient (Wildman–Crippen LogP) is 2.09. The van der Waals surface area contributed by atoms with Crippen LogP contribution >= 0.6 is 0 Å². The van der Waals surface area contributed by atoms with Crippen LogP contribution in [0.15, 0.2) is 24.3 Å². The summed E-state index contributed by atoms with van der Waals surface area (Å²) >= 11 is 0. The lowest BCUT2D eigenvalue weighted by Crippen LogP contribution is -2.44. The van der Waals surface area contributed by atoms with Crippen molar-refractivity contribution in [1.82, 2.24) is 0 Å². The van der Waals surface area contributed by atoms with E-state index in [4.69, 9.17) is 5.73 Å². The van der Waals surface area contributed by atoms with Crippen molar-refractivity contribution < 1.29 is 4.79 Å².